The average molecular weight is 726 g/mol. The summed E-state index contributed by atoms with van der Waals surface area (Å²) in [5.41, 5.74) is 0. The fraction of sp³-hybridized carbons (Fsp3) is 0.614. The minimum atomic E-state index is -1.14. The first-order valence-electron chi connectivity index (χ1n) is 19.6. The summed E-state index contributed by atoms with van der Waals surface area (Å²) in [5.74, 6) is -1.85. The summed E-state index contributed by atoms with van der Waals surface area (Å²) in [7, 11) is 5.36. The lowest BCUT2D eigenvalue weighted by Crippen LogP contribution is -2.55. The minimum Gasteiger partial charge on any atom is -0.544 e. The van der Waals surface area contributed by atoms with Crippen LogP contribution in [0.3, 0.4) is 0 Å². The number of esters is 2. The summed E-state index contributed by atoms with van der Waals surface area (Å²) in [4.78, 5) is 36.7. The SMILES string of the molecule is CC/C=C/C/C=C/C/C=C/C/C=C/CCCCCC(=O)OCC(COCCC(C(=O)[O-])[N+](C)(C)C)OC(=O)CCCC/C=C/C/C=C/C/C=C/CC. The van der Waals surface area contributed by atoms with E-state index in [2.05, 4.69) is 98.9 Å². The largest absolute Gasteiger partial charge is 0.544 e. The summed E-state index contributed by atoms with van der Waals surface area (Å²) in [6.45, 7) is 4.31. The molecular weight excluding hydrogens is 654 g/mol. The van der Waals surface area contributed by atoms with Crippen molar-refractivity contribution in [2.45, 2.75) is 135 Å². The van der Waals surface area contributed by atoms with Gasteiger partial charge in [-0.15, -0.1) is 0 Å². The minimum absolute atomic E-state index is 0.00922. The number of hydrogen-bond acceptors (Lipinski definition) is 7. The Morgan fingerprint density at radius 2 is 1.02 bits per heavy atom. The van der Waals surface area contributed by atoms with E-state index in [-0.39, 0.29) is 49.1 Å². The van der Waals surface area contributed by atoms with Gasteiger partial charge in [-0.3, -0.25) is 9.59 Å². The molecule has 2 unspecified atom stereocenters. The van der Waals surface area contributed by atoms with Crippen LogP contribution in [-0.4, -0.2) is 75.5 Å². The molecule has 0 aromatic heterocycles. The fourth-order valence-electron chi connectivity index (χ4n) is 5.01. The van der Waals surface area contributed by atoms with Crippen molar-refractivity contribution in [1.82, 2.24) is 0 Å². The van der Waals surface area contributed by atoms with E-state index in [1.54, 1.807) is 21.1 Å². The highest BCUT2D eigenvalue weighted by Gasteiger charge is 2.25. The molecule has 0 rings (SSSR count). The van der Waals surface area contributed by atoms with Gasteiger partial charge in [0.1, 0.15) is 12.6 Å². The number of unbranched alkanes of at least 4 members (excludes halogenated alkanes) is 5. The van der Waals surface area contributed by atoms with E-state index in [9.17, 15) is 19.5 Å². The highest BCUT2D eigenvalue weighted by Crippen LogP contribution is 2.11. The van der Waals surface area contributed by atoms with Gasteiger partial charge in [-0.25, -0.2) is 0 Å². The normalized spacial score (nSPS) is 13.9. The third-order valence-electron chi connectivity index (χ3n) is 8.03. The van der Waals surface area contributed by atoms with E-state index >= 15 is 0 Å². The molecule has 0 amide bonds. The number of hydrogen-bond donors (Lipinski definition) is 0. The van der Waals surface area contributed by atoms with Gasteiger partial charge >= 0.3 is 11.9 Å². The molecular formula is C44H71NO7. The predicted octanol–water partition coefficient (Wildman–Crippen LogP) is 8.85. The summed E-state index contributed by atoms with van der Waals surface area (Å²) in [5, 5.41) is 11.6. The van der Waals surface area contributed by atoms with Crippen LogP contribution in [0.5, 0.6) is 0 Å². The number of ether oxygens (including phenoxy) is 3. The quantitative estimate of drug-likeness (QED) is 0.0288. The number of quaternary nitrogens is 1. The lowest BCUT2D eigenvalue weighted by atomic mass is 10.1. The van der Waals surface area contributed by atoms with Crippen molar-refractivity contribution < 1.29 is 38.2 Å². The van der Waals surface area contributed by atoms with Crippen LogP contribution >= 0.6 is 0 Å². The van der Waals surface area contributed by atoms with Gasteiger partial charge in [-0.2, -0.15) is 0 Å². The Balaban J connectivity index is 4.53. The maximum Gasteiger partial charge on any atom is 0.306 e. The predicted molar refractivity (Wildman–Crippen MR) is 212 cm³/mol. The number of rotatable bonds is 33. The molecule has 0 aromatic carbocycles. The molecule has 0 spiro atoms. The van der Waals surface area contributed by atoms with Crippen molar-refractivity contribution in [3.63, 3.8) is 0 Å². The molecule has 0 aliphatic rings. The molecule has 2 atom stereocenters. The fourth-order valence-corrected chi connectivity index (χ4v) is 5.01. The average Bonchev–Trinajstić information content (AvgIpc) is 3.09. The summed E-state index contributed by atoms with van der Waals surface area (Å²) >= 11 is 0. The highest BCUT2D eigenvalue weighted by atomic mass is 16.6. The topological polar surface area (TPSA) is 102 Å². The Labute approximate surface area is 316 Å². The maximum absolute atomic E-state index is 12.6. The Morgan fingerprint density at radius 3 is 1.50 bits per heavy atom. The number of carbonyl (C=O) groups excluding carboxylic acids is 3. The van der Waals surface area contributed by atoms with Crippen LogP contribution in [0.2, 0.25) is 0 Å². The van der Waals surface area contributed by atoms with Gasteiger partial charge in [0.05, 0.1) is 40.3 Å². The molecule has 8 nitrogen and oxygen atoms in total. The van der Waals surface area contributed by atoms with Gasteiger partial charge in [0, 0.05) is 19.3 Å². The van der Waals surface area contributed by atoms with Crippen molar-refractivity contribution in [3.8, 4) is 0 Å². The third-order valence-corrected chi connectivity index (χ3v) is 8.03. The zero-order valence-electron chi connectivity index (χ0n) is 33.2. The van der Waals surface area contributed by atoms with E-state index in [1.165, 1.54) is 0 Å². The van der Waals surface area contributed by atoms with Crippen molar-refractivity contribution in [2.24, 2.45) is 0 Å². The Hall–Kier alpha value is -3.49. The van der Waals surface area contributed by atoms with E-state index in [4.69, 9.17) is 14.2 Å². The summed E-state index contributed by atoms with van der Waals surface area (Å²) in [6, 6.07) is -0.741. The number of nitrogens with zero attached hydrogens (tertiary/aromatic N) is 1. The molecule has 0 heterocycles. The molecule has 52 heavy (non-hydrogen) atoms. The molecule has 0 N–H and O–H groups in total. The van der Waals surface area contributed by atoms with Crippen LogP contribution in [0, 0.1) is 0 Å². The van der Waals surface area contributed by atoms with Gasteiger partial charge in [0.2, 0.25) is 0 Å². The zero-order valence-corrected chi connectivity index (χ0v) is 33.2. The van der Waals surface area contributed by atoms with E-state index in [0.29, 0.717) is 12.8 Å². The van der Waals surface area contributed by atoms with Crippen LogP contribution in [0.25, 0.3) is 0 Å². The van der Waals surface area contributed by atoms with Crippen molar-refractivity contribution >= 4 is 17.9 Å². The second-order valence-electron chi connectivity index (χ2n) is 13.7. The first-order chi connectivity index (χ1) is 25.1. The second kappa shape index (κ2) is 34.6. The molecule has 0 saturated carbocycles. The van der Waals surface area contributed by atoms with E-state index < -0.39 is 18.1 Å². The van der Waals surface area contributed by atoms with Crippen molar-refractivity contribution in [1.29, 1.82) is 0 Å². The molecule has 0 radical (unpaired) electrons. The zero-order chi connectivity index (χ0) is 38.5. The molecule has 0 aliphatic carbocycles. The molecule has 294 valence electrons. The third kappa shape index (κ3) is 32.4. The van der Waals surface area contributed by atoms with Crippen LogP contribution in [0.15, 0.2) is 85.1 Å². The lowest BCUT2D eigenvalue weighted by Gasteiger charge is -2.34. The van der Waals surface area contributed by atoms with Gasteiger partial charge < -0.3 is 28.6 Å². The van der Waals surface area contributed by atoms with Gasteiger partial charge in [-0.1, -0.05) is 105 Å². The number of carbonyl (C=O) groups is 3. The maximum atomic E-state index is 12.6. The summed E-state index contributed by atoms with van der Waals surface area (Å²) in [6.07, 6.45) is 43.3. The molecule has 0 aromatic rings. The van der Waals surface area contributed by atoms with Crippen molar-refractivity contribution in [3.05, 3.63) is 85.1 Å². The monoisotopic (exact) mass is 726 g/mol. The molecule has 0 aliphatic heterocycles. The number of allylic oxidation sites excluding steroid dienone is 14. The molecule has 0 fully saturated rings. The standard InChI is InChI=1S/C44H71NO7/c1-6-8-10-12-14-16-18-20-21-22-23-25-26-28-30-32-34-42(46)51-39-40(38-50-37-36-41(44(48)49)45(3,4)5)52-43(47)35-33-31-29-27-24-19-17-15-13-11-9-7-2/h8-11,14-17,20-21,23-25,27,40-41H,6-7,12-13,18-19,22,26,28-39H2,1-5H3/b10-8+,11-9+,16-14+,17-15+,21-20+,25-23+,27-24+. The molecule has 8 heteroatoms. The first-order valence-corrected chi connectivity index (χ1v) is 19.6. The Kier molecular flexibility index (Phi) is 32.3. The second-order valence-corrected chi connectivity index (χ2v) is 13.7. The van der Waals surface area contributed by atoms with Gasteiger partial charge in [-0.05, 0) is 83.5 Å². The van der Waals surface area contributed by atoms with Crippen LogP contribution in [0.4, 0.5) is 0 Å². The number of aliphatic carboxylic acids is 1. The number of carboxylic acid groups (broad SMARTS) is 1. The number of likely N-dealkylation sites (N-methyl/N-ethyl adjacent to an activating group) is 1. The van der Waals surface area contributed by atoms with Gasteiger partial charge in [0.25, 0.3) is 0 Å². The van der Waals surface area contributed by atoms with Crippen LogP contribution in [-0.2, 0) is 28.6 Å². The van der Waals surface area contributed by atoms with E-state index in [0.717, 1.165) is 83.5 Å². The summed E-state index contributed by atoms with van der Waals surface area (Å²) < 4.78 is 17.0. The smallest absolute Gasteiger partial charge is 0.306 e. The van der Waals surface area contributed by atoms with Gasteiger partial charge in [0.15, 0.2) is 6.10 Å². The van der Waals surface area contributed by atoms with Crippen LogP contribution in [0.1, 0.15) is 123 Å². The Morgan fingerprint density at radius 1 is 0.577 bits per heavy atom. The number of carboxylic acids is 1. The van der Waals surface area contributed by atoms with E-state index in [1.807, 2.05) is 0 Å². The molecule has 0 bridgehead atoms. The molecule has 0 saturated heterocycles. The van der Waals surface area contributed by atoms with Crippen LogP contribution < -0.4 is 5.11 Å². The lowest BCUT2D eigenvalue weighted by molar-refractivity contribution is -0.889. The Bertz CT molecular complexity index is 1120. The first kappa shape index (κ1) is 48.5. The van der Waals surface area contributed by atoms with Crippen molar-refractivity contribution in [2.75, 3.05) is 41.0 Å². The highest BCUT2D eigenvalue weighted by molar-refractivity contribution is 5.70.